The number of rotatable bonds is 11. The van der Waals surface area contributed by atoms with Crippen LogP contribution in [-0.4, -0.2) is 76.5 Å². The van der Waals surface area contributed by atoms with Gasteiger partial charge in [0.15, 0.2) is 5.82 Å². The molecule has 5 heterocycles. The van der Waals surface area contributed by atoms with Crippen LogP contribution in [0.25, 0.3) is 32.9 Å². The number of hydrogen-bond acceptors (Lipinski definition) is 10. The van der Waals surface area contributed by atoms with E-state index in [9.17, 15) is 9.50 Å². The van der Waals surface area contributed by atoms with E-state index >= 15 is 8.78 Å². The van der Waals surface area contributed by atoms with Gasteiger partial charge in [0.25, 0.3) is 0 Å². The zero-order valence-electron chi connectivity index (χ0n) is 34.4. The summed E-state index contributed by atoms with van der Waals surface area (Å²) >= 11 is 0. The molecule has 14 heteroatoms. The molecule has 58 heavy (non-hydrogen) atoms. The Morgan fingerprint density at radius 2 is 1.78 bits per heavy atom. The second-order valence-electron chi connectivity index (χ2n) is 16.7. The van der Waals surface area contributed by atoms with Crippen molar-refractivity contribution in [3.05, 3.63) is 65.4 Å². The van der Waals surface area contributed by atoms with Gasteiger partial charge in [0.05, 0.1) is 24.3 Å². The summed E-state index contributed by atoms with van der Waals surface area (Å²) in [5, 5.41) is 15.2. The number of nitrogens with two attached hydrogens (primary N) is 1. The van der Waals surface area contributed by atoms with Crippen LogP contribution < -0.4 is 20.5 Å². The van der Waals surface area contributed by atoms with Crippen molar-refractivity contribution in [1.82, 2.24) is 24.8 Å². The second-order valence-corrected chi connectivity index (χ2v) is 22.3. The molecule has 2 saturated heterocycles. The van der Waals surface area contributed by atoms with Gasteiger partial charge >= 0.3 is 6.01 Å². The highest BCUT2D eigenvalue weighted by Crippen LogP contribution is 2.45. The molecular formula is C44H52F3N7O3Si. The molecule has 2 aliphatic rings. The van der Waals surface area contributed by atoms with Crippen LogP contribution in [0.2, 0.25) is 16.6 Å². The van der Waals surface area contributed by atoms with E-state index in [-0.39, 0.29) is 74.4 Å². The highest BCUT2D eigenvalue weighted by molar-refractivity contribution is 6.90. The zero-order valence-corrected chi connectivity index (χ0v) is 35.4. The first-order valence-electron chi connectivity index (χ1n) is 20.0. The molecule has 0 amide bonds. The third kappa shape index (κ3) is 7.17. The highest BCUT2D eigenvalue weighted by atomic mass is 28.3. The van der Waals surface area contributed by atoms with Crippen molar-refractivity contribution in [2.75, 3.05) is 37.9 Å². The van der Waals surface area contributed by atoms with Crippen molar-refractivity contribution >= 4 is 41.4 Å². The lowest BCUT2D eigenvalue weighted by Crippen LogP contribution is -2.43. The number of hydrogen-bond donors (Lipinski definition) is 3. The number of anilines is 2. The number of aromatic hydroxyl groups is 1. The van der Waals surface area contributed by atoms with E-state index in [4.69, 9.17) is 20.2 Å². The molecule has 2 aliphatic heterocycles. The topological polar surface area (TPSA) is 132 Å². The van der Waals surface area contributed by atoms with Crippen molar-refractivity contribution in [1.29, 1.82) is 0 Å². The van der Waals surface area contributed by atoms with Gasteiger partial charge < -0.3 is 25.6 Å². The Kier molecular flexibility index (Phi) is 11.3. The Hall–Kier alpha value is -5.13. The maximum atomic E-state index is 17.6. The Balaban J connectivity index is 1.45. The van der Waals surface area contributed by atoms with Crippen LogP contribution in [0.4, 0.5) is 24.8 Å². The third-order valence-corrected chi connectivity index (χ3v) is 18.7. The summed E-state index contributed by atoms with van der Waals surface area (Å²) in [5.41, 5.74) is 10.6. The molecule has 0 unspecified atom stereocenters. The van der Waals surface area contributed by atoms with Gasteiger partial charge in [0.2, 0.25) is 5.88 Å². The number of ether oxygens (including phenoxy) is 2. The molecule has 0 aliphatic carbocycles. The van der Waals surface area contributed by atoms with Crippen LogP contribution in [-0.2, 0) is 0 Å². The number of nitrogens with zero attached hydrogens (tertiary/aromatic N) is 5. The predicted molar refractivity (Wildman–Crippen MR) is 226 cm³/mol. The second kappa shape index (κ2) is 15.9. The minimum atomic E-state index is -2.34. The summed E-state index contributed by atoms with van der Waals surface area (Å²) in [7, 11) is -0.940. The molecule has 2 aromatic carbocycles. The number of pyridine rings is 2. The average Bonchev–Trinajstić information content (AvgIpc) is 3.70. The van der Waals surface area contributed by atoms with E-state index in [0.29, 0.717) is 35.1 Å². The monoisotopic (exact) mass is 811 g/mol. The number of nitrogen functional groups attached to an aromatic ring is 1. The molecule has 5 aromatic rings. The largest absolute Gasteiger partial charge is 0.508 e. The SMILES string of the molecule is COc1nc(-c2cc(O)cc3ccc(F)c(C#C[Si](C(C)C)(C(C)C)C(C)C)c23)c(F)c2nc(OC[C@@]34CCCN3C[C@H](F)C4)nc(N[C@@H](C)c3cccnc3N)c12. The quantitative estimate of drug-likeness (QED) is 0.0876. The maximum absolute atomic E-state index is 17.6. The molecule has 2 fully saturated rings. The van der Waals surface area contributed by atoms with Gasteiger partial charge in [-0.25, -0.2) is 23.1 Å². The summed E-state index contributed by atoms with van der Waals surface area (Å²) in [6.07, 6.45) is 2.59. The molecule has 0 radical (unpaired) electrons. The molecule has 7 rings (SSSR count). The van der Waals surface area contributed by atoms with Crippen LogP contribution in [0, 0.1) is 23.1 Å². The highest BCUT2D eigenvalue weighted by Gasteiger charge is 2.49. The number of aromatic nitrogens is 4. The standard InChI is InChI=1S/C44H52F3N7O3Si/c1-24(2)58(25(3)4,26(5)6)18-14-32-34(46)13-12-28-19-30(55)20-33(35(28)32)38-37(47)39-36(42(51-38)56-8)41(50-27(7)31-11-9-16-49-40(31)48)53-43(52-39)57-23-44-15-10-17-54(44)22-29(45)21-44/h9,11-13,16,19-20,24-27,29,55H,10,15,17,21-23H2,1-8H3,(H2,48,49)(H,50,52,53)/t27-,29+,44-/m0/s1. The summed E-state index contributed by atoms with van der Waals surface area (Å²) < 4.78 is 60.5. The summed E-state index contributed by atoms with van der Waals surface area (Å²) in [4.78, 5) is 20.3. The van der Waals surface area contributed by atoms with E-state index in [1.807, 2.05) is 13.0 Å². The number of fused-ring (bicyclic) bond motifs is 3. The smallest absolute Gasteiger partial charge is 0.319 e. The van der Waals surface area contributed by atoms with Crippen molar-refractivity contribution in [2.24, 2.45) is 0 Å². The van der Waals surface area contributed by atoms with Gasteiger partial charge in [-0.3, -0.25) is 4.90 Å². The number of benzene rings is 2. The van der Waals surface area contributed by atoms with Crippen molar-refractivity contribution in [2.45, 2.75) is 102 Å². The molecule has 3 atom stereocenters. The zero-order chi connectivity index (χ0) is 41.7. The predicted octanol–water partition coefficient (Wildman–Crippen LogP) is 9.51. The van der Waals surface area contributed by atoms with E-state index in [1.54, 1.807) is 12.3 Å². The minimum absolute atomic E-state index is 0.0326. The minimum Gasteiger partial charge on any atom is -0.508 e. The lowest BCUT2D eigenvalue weighted by Gasteiger charge is -2.38. The van der Waals surface area contributed by atoms with Crippen LogP contribution >= 0.6 is 0 Å². The Bertz CT molecular complexity index is 2420. The van der Waals surface area contributed by atoms with Gasteiger partial charge in [0.1, 0.15) is 60.7 Å². The fourth-order valence-electron chi connectivity index (χ4n) is 9.68. The first-order valence-corrected chi connectivity index (χ1v) is 22.3. The molecule has 4 N–H and O–H groups in total. The first kappa shape index (κ1) is 41.0. The van der Waals surface area contributed by atoms with Crippen molar-refractivity contribution < 1.29 is 27.8 Å². The molecule has 0 bridgehead atoms. The number of phenols is 1. The van der Waals surface area contributed by atoms with Gasteiger partial charge in [-0.15, -0.1) is 5.54 Å². The van der Waals surface area contributed by atoms with E-state index < -0.39 is 37.5 Å². The fraction of sp³-hybridized carbons (Fsp3) is 0.455. The fourth-order valence-corrected chi connectivity index (χ4v) is 14.9. The molecule has 10 nitrogen and oxygen atoms in total. The van der Waals surface area contributed by atoms with Gasteiger partial charge in [-0.2, -0.15) is 9.97 Å². The number of nitrogens with one attached hydrogen (secondary N) is 1. The lowest BCUT2D eigenvalue weighted by atomic mass is 9.95. The summed E-state index contributed by atoms with van der Waals surface area (Å²) in [6.45, 7) is 16.1. The lowest BCUT2D eigenvalue weighted by molar-refractivity contribution is 0.107. The number of methoxy groups -OCH3 is 1. The normalized spacial score (nSPS) is 18.9. The Labute approximate surface area is 338 Å². The molecule has 0 saturated carbocycles. The Morgan fingerprint density at radius 1 is 1.03 bits per heavy atom. The van der Waals surface area contributed by atoms with Crippen LogP contribution in [0.3, 0.4) is 0 Å². The van der Waals surface area contributed by atoms with Crippen LogP contribution in [0.1, 0.15) is 84.9 Å². The van der Waals surface area contributed by atoms with Crippen molar-refractivity contribution in [3.8, 4) is 40.4 Å². The Morgan fingerprint density at radius 3 is 2.47 bits per heavy atom. The molecule has 0 spiro atoms. The van der Waals surface area contributed by atoms with E-state index in [2.05, 4.69) is 78.2 Å². The summed E-state index contributed by atoms with van der Waals surface area (Å²) in [6, 6.07) is 8.66. The van der Waals surface area contributed by atoms with Crippen LogP contribution in [0.5, 0.6) is 17.6 Å². The van der Waals surface area contributed by atoms with E-state index in [1.165, 1.54) is 31.4 Å². The molecule has 306 valence electrons. The third-order valence-electron chi connectivity index (χ3n) is 12.4. The van der Waals surface area contributed by atoms with Crippen molar-refractivity contribution in [3.63, 3.8) is 0 Å². The first-order chi connectivity index (χ1) is 27.6. The van der Waals surface area contributed by atoms with Gasteiger partial charge in [-0.05, 0) is 72.6 Å². The van der Waals surface area contributed by atoms with Crippen LogP contribution in [0.15, 0.2) is 42.6 Å². The van der Waals surface area contributed by atoms with E-state index in [0.717, 1.165) is 19.4 Å². The molecule has 3 aromatic heterocycles. The molecular weight excluding hydrogens is 760 g/mol. The number of halogens is 3. The number of phenolic OH excluding ortho intramolecular Hbond substituents is 1. The average molecular weight is 812 g/mol. The van der Waals surface area contributed by atoms with Gasteiger partial charge in [-0.1, -0.05) is 59.6 Å². The van der Waals surface area contributed by atoms with Gasteiger partial charge in [0, 0.05) is 35.7 Å². The number of alkyl halides is 1. The summed E-state index contributed by atoms with van der Waals surface area (Å²) in [5.74, 6) is 2.04. The maximum Gasteiger partial charge on any atom is 0.319 e.